The first kappa shape index (κ1) is 11.2. The third-order valence-corrected chi connectivity index (χ3v) is 3.35. The molecule has 0 fully saturated rings. The molecule has 0 aliphatic heterocycles. The van der Waals surface area contributed by atoms with Gasteiger partial charge in [0.1, 0.15) is 6.61 Å². The maximum atomic E-state index is 5.61. The Balaban J connectivity index is 2.10. The molecule has 0 spiro atoms. The van der Waals surface area contributed by atoms with Crippen molar-refractivity contribution in [3.63, 3.8) is 0 Å². The second-order valence-electron chi connectivity index (χ2n) is 3.61. The molecule has 16 heavy (non-hydrogen) atoms. The Morgan fingerprint density at radius 2 is 2.19 bits per heavy atom. The molecule has 2 aromatic rings. The Kier molecular flexibility index (Phi) is 3.00. The molecule has 5 nitrogen and oxygen atoms in total. The van der Waals surface area contributed by atoms with E-state index in [9.17, 15) is 0 Å². The number of hydrogen-bond donors (Lipinski definition) is 0. The molecule has 0 radical (unpaired) electrons. The van der Waals surface area contributed by atoms with Gasteiger partial charge in [0.05, 0.1) is 28.3 Å². The highest BCUT2D eigenvalue weighted by Crippen LogP contribution is 2.21. The Morgan fingerprint density at radius 1 is 1.44 bits per heavy atom. The number of aryl methyl sites for hydroxylation is 3. The summed E-state index contributed by atoms with van der Waals surface area (Å²) in [6, 6.07) is 0. The molecule has 0 atom stereocenters. The predicted molar refractivity (Wildman–Crippen MR) is 63.2 cm³/mol. The molecule has 0 saturated carbocycles. The van der Waals surface area contributed by atoms with Crippen LogP contribution in [0.25, 0.3) is 0 Å². The van der Waals surface area contributed by atoms with E-state index in [1.807, 2.05) is 31.9 Å². The molecular weight excluding hydrogens is 272 g/mol. The lowest BCUT2D eigenvalue weighted by molar-refractivity contribution is 0.294. The number of aromatic nitrogens is 4. The highest BCUT2D eigenvalue weighted by molar-refractivity contribution is 9.10. The summed E-state index contributed by atoms with van der Waals surface area (Å²) >= 11 is 3.50. The number of nitrogens with zero attached hydrogens (tertiary/aromatic N) is 4. The van der Waals surface area contributed by atoms with Crippen molar-refractivity contribution in [2.45, 2.75) is 13.5 Å². The summed E-state index contributed by atoms with van der Waals surface area (Å²) in [4.78, 5) is 0. The highest BCUT2D eigenvalue weighted by atomic mass is 79.9. The predicted octanol–water partition coefficient (Wildman–Crippen LogP) is 1.80. The lowest BCUT2D eigenvalue weighted by atomic mass is 10.4. The fourth-order valence-corrected chi connectivity index (χ4v) is 1.91. The molecule has 0 aromatic carbocycles. The SMILES string of the molecule is Cc1nn(C)c(COc2cnn(C)c2)c1Br. The van der Waals surface area contributed by atoms with Crippen LogP contribution in [-0.2, 0) is 20.7 Å². The zero-order valence-electron chi connectivity index (χ0n) is 9.44. The first-order valence-corrected chi connectivity index (χ1v) is 5.66. The zero-order chi connectivity index (χ0) is 11.7. The summed E-state index contributed by atoms with van der Waals surface area (Å²) in [6.45, 7) is 2.43. The molecule has 2 aromatic heterocycles. The summed E-state index contributed by atoms with van der Waals surface area (Å²) in [5.41, 5.74) is 1.98. The molecular formula is C10H13BrN4O. The van der Waals surface area contributed by atoms with Crippen LogP contribution in [-0.4, -0.2) is 19.6 Å². The monoisotopic (exact) mass is 284 g/mol. The van der Waals surface area contributed by atoms with E-state index in [2.05, 4.69) is 26.1 Å². The summed E-state index contributed by atoms with van der Waals surface area (Å²) in [5.74, 6) is 0.758. The van der Waals surface area contributed by atoms with Crippen LogP contribution >= 0.6 is 15.9 Å². The number of ether oxygens (including phenoxy) is 1. The molecule has 0 aliphatic carbocycles. The summed E-state index contributed by atoms with van der Waals surface area (Å²) in [6.07, 6.45) is 3.52. The van der Waals surface area contributed by atoms with Gasteiger partial charge < -0.3 is 4.74 Å². The normalized spacial score (nSPS) is 10.8. The van der Waals surface area contributed by atoms with Crippen molar-refractivity contribution in [3.8, 4) is 5.75 Å². The van der Waals surface area contributed by atoms with Gasteiger partial charge in [0.2, 0.25) is 0 Å². The number of rotatable bonds is 3. The maximum absolute atomic E-state index is 5.61. The van der Waals surface area contributed by atoms with Crippen molar-refractivity contribution in [1.82, 2.24) is 19.6 Å². The largest absolute Gasteiger partial charge is 0.484 e. The fraction of sp³-hybridized carbons (Fsp3) is 0.400. The minimum atomic E-state index is 0.476. The first-order chi connectivity index (χ1) is 7.58. The van der Waals surface area contributed by atoms with Gasteiger partial charge in [-0.2, -0.15) is 10.2 Å². The smallest absolute Gasteiger partial charge is 0.157 e. The molecule has 0 amide bonds. The van der Waals surface area contributed by atoms with E-state index in [4.69, 9.17) is 4.74 Å². The van der Waals surface area contributed by atoms with Gasteiger partial charge in [-0.3, -0.25) is 9.36 Å². The minimum Gasteiger partial charge on any atom is -0.484 e. The minimum absolute atomic E-state index is 0.476. The first-order valence-electron chi connectivity index (χ1n) is 4.87. The van der Waals surface area contributed by atoms with Crippen molar-refractivity contribution in [3.05, 3.63) is 28.3 Å². The van der Waals surface area contributed by atoms with E-state index in [0.29, 0.717) is 6.61 Å². The van der Waals surface area contributed by atoms with Crippen LogP contribution < -0.4 is 4.74 Å². The standard InChI is InChI=1S/C10H13BrN4O/c1-7-10(11)9(15(3)13-7)6-16-8-4-12-14(2)5-8/h4-5H,6H2,1-3H3. The topological polar surface area (TPSA) is 44.9 Å². The van der Waals surface area contributed by atoms with Crippen LogP contribution in [0.5, 0.6) is 5.75 Å². The van der Waals surface area contributed by atoms with E-state index >= 15 is 0 Å². The Labute approximate surface area is 102 Å². The van der Waals surface area contributed by atoms with Crippen molar-refractivity contribution in [2.75, 3.05) is 0 Å². The van der Waals surface area contributed by atoms with Crippen LogP contribution in [0.2, 0.25) is 0 Å². The van der Waals surface area contributed by atoms with Crippen LogP contribution in [0.1, 0.15) is 11.4 Å². The van der Waals surface area contributed by atoms with Crippen molar-refractivity contribution >= 4 is 15.9 Å². The van der Waals surface area contributed by atoms with Gasteiger partial charge >= 0.3 is 0 Å². The molecule has 2 rings (SSSR count). The number of halogens is 1. The quantitative estimate of drug-likeness (QED) is 0.864. The van der Waals surface area contributed by atoms with Crippen LogP contribution in [0, 0.1) is 6.92 Å². The van der Waals surface area contributed by atoms with E-state index < -0.39 is 0 Å². The molecule has 0 N–H and O–H groups in total. The second kappa shape index (κ2) is 4.29. The van der Waals surface area contributed by atoms with E-state index in [-0.39, 0.29) is 0 Å². The van der Waals surface area contributed by atoms with Crippen molar-refractivity contribution in [1.29, 1.82) is 0 Å². The van der Waals surface area contributed by atoms with Gasteiger partial charge in [0.15, 0.2) is 5.75 Å². The fourth-order valence-electron chi connectivity index (χ4n) is 1.46. The third kappa shape index (κ3) is 2.11. The molecule has 0 saturated heterocycles. The molecule has 86 valence electrons. The summed E-state index contributed by atoms with van der Waals surface area (Å²) in [7, 11) is 3.76. The lowest BCUT2D eigenvalue weighted by Gasteiger charge is -2.04. The molecule has 2 heterocycles. The molecule has 0 unspecified atom stereocenters. The zero-order valence-corrected chi connectivity index (χ0v) is 11.0. The average Bonchev–Trinajstić information content (AvgIpc) is 2.72. The Hall–Kier alpha value is -1.30. The third-order valence-electron chi connectivity index (χ3n) is 2.32. The van der Waals surface area contributed by atoms with E-state index in [1.165, 1.54) is 0 Å². The van der Waals surface area contributed by atoms with Gasteiger partial charge in [-0.05, 0) is 22.9 Å². The molecule has 0 aliphatic rings. The van der Waals surface area contributed by atoms with Crippen LogP contribution in [0.15, 0.2) is 16.9 Å². The van der Waals surface area contributed by atoms with Crippen LogP contribution in [0.3, 0.4) is 0 Å². The maximum Gasteiger partial charge on any atom is 0.157 e. The van der Waals surface area contributed by atoms with Gasteiger partial charge in [-0.25, -0.2) is 0 Å². The van der Waals surface area contributed by atoms with E-state index in [0.717, 1.165) is 21.6 Å². The second-order valence-corrected chi connectivity index (χ2v) is 4.40. The molecule has 6 heteroatoms. The Morgan fingerprint density at radius 3 is 2.69 bits per heavy atom. The lowest BCUT2D eigenvalue weighted by Crippen LogP contribution is -2.03. The van der Waals surface area contributed by atoms with E-state index in [1.54, 1.807) is 10.9 Å². The van der Waals surface area contributed by atoms with Crippen molar-refractivity contribution < 1.29 is 4.74 Å². The summed E-state index contributed by atoms with van der Waals surface area (Å²) < 4.78 is 10.1. The summed E-state index contributed by atoms with van der Waals surface area (Å²) in [5, 5.41) is 8.33. The van der Waals surface area contributed by atoms with Gasteiger partial charge in [0, 0.05) is 14.1 Å². The van der Waals surface area contributed by atoms with Gasteiger partial charge in [-0.1, -0.05) is 0 Å². The molecule has 0 bridgehead atoms. The van der Waals surface area contributed by atoms with Crippen molar-refractivity contribution in [2.24, 2.45) is 14.1 Å². The van der Waals surface area contributed by atoms with Crippen LogP contribution in [0.4, 0.5) is 0 Å². The number of hydrogen-bond acceptors (Lipinski definition) is 3. The Bertz CT molecular complexity index is 503. The average molecular weight is 285 g/mol. The highest BCUT2D eigenvalue weighted by Gasteiger charge is 2.11. The van der Waals surface area contributed by atoms with Gasteiger partial charge in [-0.15, -0.1) is 0 Å². The van der Waals surface area contributed by atoms with Gasteiger partial charge in [0.25, 0.3) is 0 Å².